The first-order valence-corrected chi connectivity index (χ1v) is 8.40. The van der Waals surface area contributed by atoms with Gasteiger partial charge in [-0.2, -0.15) is 0 Å². The van der Waals surface area contributed by atoms with Crippen LogP contribution in [0.3, 0.4) is 0 Å². The number of urea groups is 1. The van der Waals surface area contributed by atoms with Crippen LogP contribution in [-0.4, -0.2) is 48.9 Å². The summed E-state index contributed by atoms with van der Waals surface area (Å²) in [5, 5.41) is 8.32. The standard InChI is InChI=1S/C18H24N4O3/c1-2-16(23)21-15-7-3-6-14(12-15)13-17(24)19-8-4-10-22-11-5-9-20-18(22)25/h2-3,6-7,12H,1,4-5,8-11,13H2,(H,19,24)(H,20,25)(H,21,23). The summed E-state index contributed by atoms with van der Waals surface area (Å²) in [7, 11) is 0. The third-order valence-electron chi connectivity index (χ3n) is 3.84. The van der Waals surface area contributed by atoms with Crippen LogP contribution in [0.1, 0.15) is 18.4 Å². The average Bonchev–Trinajstić information content (AvgIpc) is 2.60. The monoisotopic (exact) mass is 344 g/mol. The molecular formula is C18H24N4O3. The molecule has 4 amide bonds. The summed E-state index contributed by atoms with van der Waals surface area (Å²) in [5.74, 6) is -0.376. The molecule has 7 heteroatoms. The lowest BCUT2D eigenvalue weighted by molar-refractivity contribution is -0.120. The number of carbonyl (C=O) groups excluding carboxylic acids is 3. The Balaban J connectivity index is 1.71. The fraction of sp³-hybridized carbons (Fsp3) is 0.389. The molecule has 7 nitrogen and oxygen atoms in total. The lowest BCUT2D eigenvalue weighted by Crippen LogP contribution is -2.47. The van der Waals surface area contributed by atoms with Gasteiger partial charge in [0, 0.05) is 31.9 Å². The van der Waals surface area contributed by atoms with Gasteiger partial charge in [-0.3, -0.25) is 9.59 Å². The van der Waals surface area contributed by atoms with Gasteiger partial charge in [-0.1, -0.05) is 18.7 Å². The largest absolute Gasteiger partial charge is 0.356 e. The molecular weight excluding hydrogens is 320 g/mol. The van der Waals surface area contributed by atoms with E-state index in [1.54, 1.807) is 23.1 Å². The summed E-state index contributed by atoms with van der Waals surface area (Å²) < 4.78 is 0. The van der Waals surface area contributed by atoms with E-state index in [0.29, 0.717) is 25.2 Å². The number of anilines is 1. The molecule has 1 saturated heterocycles. The van der Waals surface area contributed by atoms with Crippen molar-refractivity contribution >= 4 is 23.5 Å². The maximum absolute atomic E-state index is 12.0. The zero-order chi connectivity index (χ0) is 18.1. The van der Waals surface area contributed by atoms with Gasteiger partial charge >= 0.3 is 6.03 Å². The Morgan fingerprint density at radius 1 is 1.36 bits per heavy atom. The van der Waals surface area contributed by atoms with E-state index in [-0.39, 0.29) is 24.3 Å². The topological polar surface area (TPSA) is 90.5 Å². The van der Waals surface area contributed by atoms with E-state index in [4.69, 9.17) is 0 Å². The van der Waals surface area contributed by atoms with Gasteiger partial charge in [-0.05, 0) is 36.6 Å². The summed E-state index contributed by atoms with van der Waals surface area (Å²) in [6.45, 7) is 6.06. The zero-order valence-corrected chi connectivity index (χ0v) is 14.2. The molecule has 134 valence electrons. The Labute approximate surface area is 147 Å². The molecule has 25 heavy (non-hydrogen) atoms. The molecule has 1 fully saturated rings. The second-order valence-electron chi connectivity index (χ2n) is 5.85. The number of hydrogen-bond donors (Lipinski definition) is 3. The normalized spacial score (nSPS) is 13.8. The molecule has 3 N–H and O–H groups in total. The quantitative estimate of drug-likeness (QED) is 0.490. The lowest BCUT2D eigenvalue weighted by Gasteiger charge is -2.27. The van der Waals surface area contributed by atoms with Crippen molar-refractivity contribution in [2.45, 2.75) is 19.3 Å². The van der Waals surface area contributed by atoms with Crippen LogP contribution in [0.5, 0.6) is 0 Å². The minimum absolute atomic E-state index is 0.0315. The number of rotatable bonds is 8. The highest BCUT2D eigenvalue weighted by Crippen LogP contribution is 2.11. The van der Waals surface area contributed by atoms with Gasteiger partial charge in [0.15, 0.2) is 0 Å². The van der Waals surface area contributed by atoms with Crippen LogP contribution in [0.2, 0.25) is 0 Å². The minimum atomic E-state index is -0.289. The Morgan fingerprint density at radius 2 is 2.20 bits per heavy atom. The van der Waals surface area contributed by atoms with Crippen molar-refractivity contribution in [1.82, 2.24) is 15.5 Å². The molecule has 0 spiro atoms. The predicted octanol–water partition coefficient (Wildman–Crippen LogP) is 1.28. The van der Waals surface area contributed by atoms with E-state index in [0.717, 1.165) is 25.1 Å². The van der Waals surface area contributed by atoms with Gasteiger partial charge in [0.2, 0.25) is 11.8 Å². The van der Waals surface area contributed by atoms with Gasteiger partial charge in [-0.25, -0.2) is 4.79 Å². The molecule has 2 rings (SSSR count). The van der Waals surface area contributed by atoms with Crippen LogP contribution in [0, 0.1) is 0 Å². The highest BCUT2D eigenvalue weighted by atomic mass is 16.2. The van der Waals surface area contributed by atoms with Crippen molar-refractivity contribution in [2.75, 3.05) is 31.5 Å². The maximum Gasteiger partial charge on any atom is 0.317 e. The predicted molar refractivity (Wildman–Crippen MR) is 96.2 cm³/mol. The fourth-order valence-corrected chi connectivity index (χ4v) is 2.59. The molecule has 1 aliphatic rings. The van der Waals surface area contributed by atoms with Crippen LogP contribution < -0.4 is 16.0 Å². The number of nitrogens with one attached hydrogen (secondary N) is 3. The van der Waals surface area contributed by atoms with Gasteiger partial charge in [0.05, 0.1) is 6.42 Å². The average molecular weight is 344 g/mol. The van der Waals surface area contributed by atoms with Gasteiger partial charge < -0.3 is 20.9 Å². The number of carbonyl (C=O) groups is 3. The van der Waals surface area contributed by atoms with E-state index in [1.165, 1.54) is 6.08 Å². The first kappa shape index (κ1) is 18.5. The van der Waals surface area contributed by atoms with Crippen LogP contribution in [0.25, 0.3) is 0 Å². The van der Waals surface area contributed by atoms with Crippen molar-refractivity contribution in [3.05, 3.63) is 42.5 Å². The van der Waals surface area contributed by atoms with Gasteiger partial charge in [0.1, 0.15) is 0 Å². The number of amides is 4. The van der Waals surface area contributed by atoms with E-state index >= 15 is 0 Å². The van der Waals surface area contributed by atoms with Crippen molar-refractivity contribution in [3.63, 3.8) is 0 Å². The summed E-state index contributed by atoms with van der Waals surface area (Å²) in [4.78, 5) is 36.7. The van der Waals surface area contributed by atoms with Gasteiger partial charge in [0.25, 0.3) is 0 Å². The Kier molecular flexibility index (Phi) is 7.00. The van der Waals surface area contributed by atoms with Crippen LogP contribution in [0.4, 0.5) is 10.5 Å². The molecule has 1 aromatic rings. The van der Waals surface area contributed by atoms with Crippen molar-refractivity contribution in [3.8, 4) is 0 Å². The fourth-order valence-electron chi connectivity index (χ4n) is 2.59. The van der Waals surface area contributed by atoms with Gasteiger partial charge in [-0.15, -0.1) is 0 Å². The molecule has 1 aromatic carbocycles. The Morgan fingerprint density at radius 3 is 2.96 bits per heavy atom. The smallest absolute Gasteiger partial charge is 0.317 e. The first-order chi connectivity index (χ1) is 12.1. The van der Waals surface area contributed by atoms with E-state index in [9.17, 15) is 14.4 Å². The maximum atomic E-state index is 12.0. The summed E-state index contributed by atoms with van der Waals surface area (Å²) in [6.07, 6.45) is 3.11. The third kappa shape index (κ3) is 6.29. The van der Waals surface area contributed by atoms with Crippen LogP contribution in [-0.2, 0) is 16.0 Å². The van der Waals surface area contributed by atoms with Crippen LogP contribution in [0.15, 0.2) is 36.9 Å². The molecule has 0 saturated carbocycles. The number of benzene rings is 1. The summed E-state index contributed by atoms with van der Waals surface area (Å²) >= 11 is 0. The SMILES string of the molecule is C=CC(=O)Nc1cccc(CC(=O)NCCCN2CCCNC2=O)c1. The highest BCUT2D eigenvalue weighted by Gasteiger charge is 2.16. The lowest BCUT2D eigenvalue weighted by atomic mass is 10.1. The zero-order valence-electron chi connectivity index (χ0n) is 14.2. The molecule has 0 radical (unpaired) electrons. The molecule has 0 bridgehead atoms. The number of hydrogen-bond acceptors (Lipinski definition) is 3. The minimum Gasteiger partial charge on any atom is -0.356 e. The summed E-state index contributed by atoms with van der Waals surface area (Å²) in [6, 6.07) is 7.11. The van der Waals surface area contributed by atoms with Crippen LogP contribution >= 0.6 is 0 Å². The van der Waals surface area contributed by atoms with E-state index < -0.39 is 0 Å². The Hall–Kier alpha value is -2.83. The molecule has 1 heterocycles. The molecule has 0 aliphatic carbocycles. The van der Waals surface area contributed by atoms with Crippen molar-refractivity contribution in [1.29, 1.82) is 0 Å². The van der Waals surface area contributed by atoms with E-state index in [1.807, 2.05) is 6.07 Å². The van der Waals surface area contributed by atoms with Crippen molar-refractivity contribution in [2.24, 2.45) is 0 Å². The molecule has 0 atom stereocenters. The molecule has 0 aromatic heterocycles. The molecule has 1 aliphatic heterocycles. The third-order valence-corrected chi connectivity index (χ3v) is 3.84. The van der Waals surface area contributed by atoms with E-state index in [2.05, 4.69) is 22.5 Å². The number of nitrogens with zero attached hydrogens (tertiary/aromatic N) is 1. The second kappa shape index (κ2) is 9.46. The second-order valence-corrected chi connectivity index (χ2v) is 5.85. The first-order valence-electron chi connectivity index (χ1n) is 8.40. The Bertz CT molecular complexity index is 645. The summed E-state index contributed by atoms with van der Waals surface area (Å²) in [5.41, 5.74) is 1.45. The molecule has 0 unspecified atom stereocenters. The highest BCUT2D eigenvalue weighted by molar-refractivity contribution is 5.98. The van der Waals surface area contributed by atoms with Crippen molar-refractivity contribution < 1.29 is 14.4 Å².